The highest BCUT2D eigenvalue weighted by molar-refractivity contribution is 7.46. The molecule has 2 unspecified atom stereocenters. The molecule has 76 heavy (non-hydrogen) atoms. The number of anilines is 5. The van der Waals surface area contributed by atoms with E-state index in [1.807, 2.05) is 6.07 Å². The molecule has 5 aromatic rings. The quantitative estimate of drug-likeness (QED) is 0.0818. The lowest BCUT2D eigenvalue weighted by molar-refractivity contribution is -0.161. The third-order valence-corrected chi connectivity index (χ3v) is 17.5. The number of phosphoric acid groups is 1. The van der Waals surface area contributed by atoms with Gasteiger partial charge in [-0.05, 0) is 124 Å². The molecule has 1 aromatic carbocycles. The number of thiophene rings is 1. The monoisotopic (exact) mass is 1080 g/mol. The Labute approximate surface area is 446 Å². The van der Waals surface area contributed by atoms with E-state index in [4.69, 9.17) is 13.8 Å². The van der Waals surface area contributed by atoms with Crippen LogP contribution in [0.15, 0.2) is 61.1 Å². The SMILES string of the molecule is [2H]C([2H])([2H])Oc1ncc(-c2ccnc(N3CCc4c(sc5c4CCCC5)C3=O)c2CO)cc1Nc1ccc(N2CCN(C3CCN(c4ccc5c(c4)C(=O)N(C4CCC(=O)N(C(C)OP(=O)(O)O)C4=O)C5=O)CC3)C[C@@H]2C)cn1. The Balaban J connectivity index is 0.722. The molecule has 398 valence electrons. The van der Waals surface area contributed by atoms with Crippen molar-refractivity contribution in [2.75, 3.05) is 66.3 Å². The van der Waals surface area contributed by atoms with Gasteiger partial charge in [-0.15, -0.1) is 11.3 Å². The van der Waals surface area contributed by atoms with Gasteiger partial charge in [0.1, 0.15) is 29.6 Å². The maximum absolute atomic E-state index is 14.1. The smallest absolute Gasteiger partial charge is 0.471 e. The van der Waals surface area contributed by atoms with Gasteiger partial charge in [0.25, 0.3) is 23.6 Å². The van der Waals surface area contributed by atoms with E-state index < -0.39 is 57.4 Å². The maximum atomic E-state index is 14.1. The molecule has 0 saturated carbocycles. The van der Waals surface area contributed by atoms with E-state index >= 15 is 0 Å². The number of piperidine rings is 2. The molecule has 1 aliphatic carbocycles. The van der Waals surface area contributed by atoms with E-state index in [0.717, 1.165) is 91.8 Å². The summed E-state index contributed by atoms with van der Waals surface area (Å²) in [5.74, 6) is -2.60. The van der Waals surface area contributed by atoms with Gasteiger partial charge in [-0.2, -0.15) is 0 Å². The average Bonchev–Trinajstić information content (AvgIpc) is 4.13. The number of pyridine rings is 3. The number of benzene rings is 1. The molecule has 5 amide bonds. The molecule has 0 radical (unpaired) electrons. The van der Waals surface area contributed by atoms with Crippen LogP contribution in [0.1, 0.15) is 108 Å². The number of rotatable bonds is 13. The minimum absolute atomic E-state index is 0.126. The molecule has 9 heterocycles. The van der Waals surface area contributed by atoms with Crippen molar-refractivity contribution < 1.29 is 56.8 Å². The second kappa shape index (κ2) is 20.7. The van der Waals surface area contributed by atoms with Crippen LogP contribution in [0, 0.1) is 0 Å². The molecule has 3 fully saturated rings. The van der Waals surface area contributed by atoms with Crippen molar-refractivity contribution in [3.63, 3.8) is 0 Å². The van der Waals surface area contributed by atoms with Crippen molar-refractivity contribution in [3.05, 3.63) is 98.6 Å². The molecule has 5 aliphatic heterocycles. The zero-order valence-corrected chi connectivity index (χ0v) is 43.6. The van der Waals surface area contributed by atoms with Gasteiger partial charge < -0.3 is 34.7 Å². The number of aryl methyl sites for hydroxylation is 1. The standard InChI is InChI=1S/C53H59N10O11PS/c1-30-28-59(33-15-19-58(20-16-33)34-8-10-39-40(25-34)51(67)63(50(39)66)43-11-13-46(65)62(52(43)68)31(2)74-75(70,71)72)22-23-60(30)35-9-12-45(55-27-35)57-42-24-32(26-56-49(42)73-3)36-14-18-54-48(41(36)29-64)61-21-17-38-37-6-4-5-7-44(37)76-47(38)53(61)69/h8-10,12,14,18,24-27,30-31,33,43,64H,4-7,11,13,15-17,19-23,28-29H2,1-3H3,(H,55,57)(H2,70,71,72)/t30-,31?,43?/m0/s1/i3D3. The summed E-state index contributed by atoms with van der Waals surface area (Å²) in [5, 5.41) is 14.1. The fourth-order valence-corrected chi connectivity index (χ4v) is 13.8. The Morgan fingerprint density at radius 2 is 1.63 bits per heavy atom. The fraction of sp³-hybridized carbons (Fsp3) is 0.434. The first-order valence-electron chi connectivity index (χ1n) is 27.1. The van der Waals surface area contributed by atoms with Gasteiger partial charge in [-0.25, -0.2) is 19.5 Å². The van der Waals surface area contributed by atoms with Crippen LogP contribution in [-0.4, -0.2) is 145 Å². The van der Waals surface area contributed by atoms with E-state index in [2.05, 4.69) is 41.4 Å². The van der Waals surface area contributed by atoms with Crippen LogP contribution in [0.5, 0.6) is 5.88 Å². The van der Waals surface area contributed by atoms with Crippen LogP contribution in [0.4, 0.5) is 28.7 Å². The second-order valence-corrected chi connectivity index (χ2v) is 22.4. The first-order chi connectivity index (χ1) is 37.7. The molecule has 4 N–H and O–H groups in total. The topological polar surface area (TPSA) is 252 Å². The Morgan fingerprint density at radius 1 is 0.842 bits per heavy atom. The van der Waals surface area contributed by atoms with Crippen molar-refractivity contribution in [1.82, 2.24) is 29.7 Å². The maximum Gasteiger partial charge on any atom is 0.471 e. The number of nitrogens with one attached hydrogen (secondary N) is 1. The Hall–Kier alpha value is -6.65. The molecular weight excluding hydrogens is 1020 g/mol. The van der Waals surface area contributed by atoms with E-state index in [9.17, 15) is 43.4 Å². The lowest BCUT2D eigenvalue weighted by Crippen LogP contribution is -2.58. The average molecular weight is 1080 g/mol. The molecule has 11 rings (SSSR count). The van der Waals surface area contributed by atoms with Crippen LogP contribution in [0.3, 0.4) is 0 Å². The van der Waals surface area contributed by atoms with Crippen molar-refractivity contribution in [2.24, 2.45) is 0 Å². The summed E-state index contributed by atoms with van der Waals surface area (Å²) in [6.45, 7) is 7.04. The number of aliphatic hydroxyl groups is 1. The van der Waals surface area contributed by atoms with Gasteiger partial charge in [0.2, 0.25) is 11.8 Å². The van der Waals surface area contributed by atoms with Crippen molar-refractivity contribution in [2.45, 2.75) is 103 Å². The first kappa shape index (κ1) is 47.8. The Bertz CT molecular complexity index is 3320. The predicted octanol–water partition coefficient (Wildman–Crippen LogP) is 5.67. The minimum Gasteiger partial charge on any atom is -0.480 e. The highest BCUT2D eigenvalue weighted by Gasteiger charge is 2.49. The summed E-state index contributed by atoms with van der Waals surface area (Å²) in [6.07, 6.45) is 9.46. The summed E-state index contributed by atoms with van der Waals surface area (Å²) in [7, 11) is -7.88. The summed E-state index contributed by atoms with van der Waals surface area (Å²) in [5.41, 5.74) is 6.16. The van der Waals surface area contributed by atoms with Gasteiger partial charge in [0, 0.05) is 91.9 Å². The number of likely N-dealkylation sites (tertiary alicyclic amines) is 1. The van der Waals surface area contributed by atoms with E-state index in [-0.39, 0.29) is 47.5 Å². The third-order valence-electron chi connectivity index (χ3n) is 15.6. The normalized spacial score (nSPS) is 21.8. The predicted molar refractivity (Wildman–Crippen MR) is 282 cm³/mol. The highest BCUT2D eigenvalue weighted by atomic mass is 32.1. The number of nitrogens with zero attached hydrogens (tertiary/aromatic N) is 9. The number of phosphoric ester groups is 1. The molecule has 6 aliphatic rings. The van der Waals surface area contributed by atoms with Crippen LogP contribution in [0.2, 0.25) is 0 Å². The number of piperazine rings is 1. The molecule has 21 nitrogen and oxygen atoms in total. The number of aliphatic hydroxyl groups excluding tert-OH is 1. The molecule has 4 aromatic heterocycles. The number of hydrogen-bond donors (Lipinski definition) is 4. The number of carbonyl (C=O) groups excluding carboxylic acids is 5. The zero-order valence-electron chi connectivity index (χ0n) is 44.9. The lowest BCUT2D eigenvalue weighted by Gasteiger charge is -2.46. The van der Waals surface area contributed by atoms with E-state index in [1.165, 1.54) is 16.6 Å². The van der Waals surface area contributed by atoms with Gasteiger partial charge in [0.05, 0.1) is 45.6 Å². The molecule has 23 heteroatoms. The molecule has 0 spiro atoms. The molecule has 0 bridgehead atoms. The number of hydrogen-bond acceptors (Lipinski definition) is 17. The molecule has 3 saturated heterocycles. The van der Waals surface area contributed by atoms with Gasteiger partial charge in [-0.3, -0.25) is 48.1 Å². The Kier molecular flexibility index (Phi) is 13.0. The van der Waals surface area contributed by atoms with E-state index in [0.29, 0.717) is 65.3 Å². The number of ether oxygens (including phenoxy) is 1. The zero-order chi connectivity index (χ0) is 55.7. The van der Waals surface area contributed by atoms with Crippen LogP contribution in [-0.2, 0) is 44.5 Å². The van der Waals surface area contributed by atoms with Crippen molar-refractivity contribution >= 4 is 77.4 Å². The van der Waals surface area contributed by atoms with Crippen molar-refractivity contribution in [1.29, 1.82) is 0 Å². The molecular formula is C53H59N10O11PS. The summed E-state index contributed by atoms with van der Waals surface area (Å²) in [4.78, 5) is 112. The summed E-state index contributed by atoms with van der Waals surface area (Å²) in [6, 6.07) is 11.3. The van der Waals surface area contributed by atoms with Crippen molar-refractivity contribution in [3.8, 4) is 17.0 Å². The van der Waals surface area contributed by atoms with Crippen LogP contribution < -0.4 is 24.8 Å². The lowest BCUT2D eigenvalue weighted by atomic mass is 9.92. The van der Waals surface area contributed by atoms with Gasteiger partial charge in [-0.1, -0.05) is 0 Å². The van der Waals surface area contributed by atoms with Gasteiger partial charge >= 0.3 is 7.82 Å². The number of carbonyl (C=O) groups is 5. The fourth-order valence-electron chi connectivity index (χ4n) is 12.0. The number of imide groups is 2. The first-order valence-corrected chi connectivity index (χ1v) is 27.9. The number of methoxy groups -OCH3 is 1. The number of amides is 5. The number of aromatic nitrogens is 3. The minimum atomic E-state index is -5.07. The third kappa shape index (κ3) is 9.53. The second-order valence-electron chi connectivity index (χ2n) is 20.1. The largest absolute Gasteiger partial charge is 0.480 e. The molecule has 3 atom stereocenters. The highest BCUT2D eigenvalue weighted by Crippen LogP contribution is 2.42. The van der Waals surface area contributed by atoms with Gasteiger partial charge in [0.15, 0.2) is 0 Å². The summed E-state index contributed by atoms with van der Waals surface area (Å²) >= 11 is 1.58. The van der Waals surface area contributed by atoms with E-state index in [1.54, 1.807) is 65.0 Å². The number of fused-ring (bicyclic) bond motifs is 4. The summed E-state index contributed by atoms with van der Waals surface area (Å²) < 4.78 is 45.0. The van der Waals surface area contributed by atoms with Crippen LogP contribution >= 0.6 is 19.2 Å². The van der Waals surface area contributed by atoms with Crippen LogP contribution in [0.25, 0.3) is 11.1 Å². The Morgan fingerprint density at radius 3 is 2.38 bits per heavy atom.